The summed E-state index contributed by atoms with van der Waals surface area (Å²) in [5, 5.41) is 2.70. The molecule has 1 saturated heterocycles. The highest BCUT2D eigenvalue weighted by Gasteiger charge is 2.41. The number of aromatic amines is 1. The quantitative estimate of drug-likeness (QED) is 0.815. The molecular weight excluding hydrogens is 300 g/mol. The number of carbonyl (C=O) groups excluding carboxylic acids is 2. The number of ether oxygens (including phenoxy) is 1. The van der Waals surface area contributed by atoms with Crippen molar-refractivity contribution < 1.29 is 14.3 Å². The number of carbonyl (C=O) groups is 2. The van der Waals surface area contributed by atoms with Gasteiger partial charge in [0, 0.05) is 18.0 Å². The third-order valence-electron chi connectivity index (χ3n) is 4.34. The fourth-order valence-corrected chi connectivity index (χ4v) is 2.77. The normalized spacial score (nSPS) is 23.7. The Hall–Kier alpha value is -2.38. The Morgan fingerprint density at radius 3 is 2.83 bits per heavy atom. The van der Waals surface area contributed by atoms with Gasteiger partial charge in [-0.2, -0.15) is 0 Å². The molecule has 0 aromatic carbocycles. The lowest BCUT2D eigenvalue weighted by atomic mass is 10.3. The average molecular weight is 318 g/mol. The number of nitrogens with one attached hydrogen (secondary N) is 2. The lowest BCUT2D eigenvalue weighted by Gasteiger charge is -2.11. The highest BCUT2D eigenvalue weighted by atomic mass is 16.6. The molecule has 1 atom stereocenters. The first-order chi connectivity index (χ1) is 11.1. The van der Waals surface area contributed by atoms with Crippen molar-refractivity contribution in [2.24, 2.45) is 0 Å². The molecule has 3 aliphatic rings. The van der Waals surface area contributed by atoms with Crippen LogP contribution in [0.3, 0.4) is 0 Å². The Morgan fingerprint density at radius 2 is 2.13 bits per heavy atom. The molecule has 0 radical (unpaired) electrons. The van der Waals surface area contributed by atoms with Crippen molar-refractivity contribution in [1.82, 2.24) is 20.2 Å². The number of aromatic nitrogens is 2. The molecule has 2 amide bonds. The van der Waals surface area contributed by atoms with Gasteiger partial charge in [-0.3, -0.25) is 9.59 Å². The number of cyclic esters (lactones) is 1. The summed E-state index contributed by atoms with van der Waals surface area (Å²) < 4.78 is 5.24. The predicted molar refractivity (Wildman–Crippen MR) is 79.2 cm³/mol. The fourth-order valence-electron chi connectivity index (χ4n) is 2.77. The lowest BCUT2D eigenvalue weighted by Crippen LogP contribution is -2.36. The van der Waals surface area contributed by atoms with Gasteiger partial charge in [-0.15, -0.1) is 0 Å². The Kier molecular flexibility index (Phi) is 3.32. The zero-order chi connectivity index (χ0) is 16.0. The van der Waals surface area contributed by atoms with Gasteiger partial charge in [-0.05, 0) is 25.7 Å². The molecule has 1 aromatic heterocycles. The van der Waals surface area contributed by atoms with Crippen LogP contribution in [0, 0.1) is 0 Å². The van der Waals surface area contributed by atoms with E-state index in [4.69, 9.17) is 4.74 Å². The van der Waals surface area contributed by atoms with Crippen molar-refractivity contribution in [3.05, 3.63) is 27.9 Å². The molecule has 23 heavy (non-hydrogen) atoms. The van der Waals surface area contributed by atoms with Crippen LogP contribution in [0.2, 0.25) is 0 Å². The molecule has 8 nitrogen and oxygen atoms in total. The summed E-state index contributed by atoms with van der Waals surface area (Å²) in [4.78, 5) is 44.1. The lowest BCUT2D eigenvalue weighted by molar-refractivity contribution is 0.0909. The van der Waals surface area contributed by atoms with E-state index in [-0.39, 0.29) is 35.9 Å². The SMILES string of the molecule is O=C(NCC1CN(C2CC2)C(=O)O1)c1cc(=O)[nH]c(C2CC2)n1. The zero-order valence-electron chi connectivity index (χ0n) is 12.6. The van der Waals surface area contributed by atoms with Crippen molar-refractivity contribution in [2.75, 3.05) is 13.1 Å². The highest BCUT2D eigenvalue weighted by molar-refractivity contribution is 5.92. The van der Waals surface area contributed by atoms with E-state index in [0.717, 1.165) is 25.7 Å². The molecule has 8 heteroatoms. The summed E-state index contributed by atoms with van der Waals surface area (Å²) in [5.74, 6) is 0.423. The monoisotopic (exact) mass is 318 g/mol. The first kappa shape index (κ1) is 14.2. The molecule has 3 fully saturated rings. The van der Waals surface area contributed by atoms with Gasteiger partial charge in [0.2, 0.25) is 0 Å². The Balaban J connectivity index is 1.37. The van der Waals surface area contributed by atoms with Crippen LogP contribution in [-0.4, -0.2) is 52.1 Å². The van der Waals surface area contributed by atoms with Crippen LogP contribution < -0.4 is 10.9 Å². The number of H-pyrrole nitrogens is 1. The van der Waals surface area contributed by atoms with Gasteiger partial charge < -0.3 is 19.9 Å². The van der Waals surface area contributed by atoms with Gasteiger partial charge in [0.25, 0.3) is 11.5 Å². The Labute approximate surface area is 132 Å². The van der Waals surface area contributed by atoms with E-state index < -0.39 is 5.91 Å². The van der Waals surface area contributed by atoms with Crippen molar-refractivity contribution in [1.29, 1.82) is 0 Å². The molecule has 4 rings (SSSR count). The molecular formula is C15H18N4O4. The largest absolute Gasteiger partial charge is 0.442 e. The topological polar surface area (TPSA) is 104 Å². The molecule has 2 aliphatic carbocycles. The summed E-state index contributed by atoms with van der Waals surface area (Å²) in [6.07, 6.45) is 3.37. The number of hydrogen-bond donors (Lipinski definition) is 2. The minimum absolute atomic E-state index is 0.110. The van der Waals surface area contributed by atoms with Gasteiger partial charge in [0.1, 0.15) is 17.6 Å². The minimum Gasteiger partial charge on any atom is -0.442 e. The highest BCUT2D eigenvalue weighted by Crippen LogP contribution is 2.37. The van der Waals surface area contributed by atoms with Crippen LogP contribution in [0.5, 0.6) is 0 Å². The van der Waals surface area contributed by atoms with E-state index in [1.165, 1.54) is 6.07 Å². The second kappa shape index (κ2) is 5.36. The molecule has 2 saturated carbocycles. The third kappa shape index (κ3) is 3.06. The van der Waals surface area contributed by atoms with Crippen molar-refractivity contribution in [2.45, 2.75) is 43.7 Å². The van der Waals surface area contributed by atoms with E-state index in [1.54, 1.807) is 4.90 Å². The first-order valence-corrected chi connectivity index (χ1v) is 7.97. The van der Waals surface area contributed by atoms with E-state index >= 15 is 0 Å². The second-order valence-corrected chi connectivity index (χ2v) is 6.39. The zero-order valence-corrected chi connectivity index (χ0v) is 12.6. The average Bonchev–Trinajstić information content (AvgIpc) is 3.42. The molecule has 0 bridgehead atoms. The number of amides is 2. The molecule has 1 unspecified atom stereocenters. The van der Waals surface area contributed by atoms with Crippen LogP contribution in [0.4, 0.5) is 4.79 Å². The Bertz CT molecular complexity index is 708. The number of nitrogens with zero attached hydrogens (tertiary/aromatic N) is 2. The standard InChI is InChI=1S/C15H18N4O4/c20-12-5-11(17-13(18-12)8-1-2-8)14(21)16-6-10-7-19(9-3-4-9)15(22)23-10/h5,8-10H,1-4,6-7H2,(H,16,21)(H,17,18,20). The maximum atomic E-state index is 12.2. The molecule has 0 spiro atoms. The van der Waals surface area contributed by atoms with Crippen LogP contribution >= 0.6 is 0 Å². The maximum absolute atomic E-state index is 12.2. The van der Waals surface area contributed by atoms with Gasteiger partial charge in [0.05, 0.1) is 13.1 Å². The van der Waals surface area contributed by atoms with E-state index in [0.29, 0.717) is 18.4 Å². The van der Waals surface area contributed by atoms with E-state index in [1.807, 2.05) is 0 Å². The van der Waals surface area contributed by atoms with Gasteiger partial charge in [-0.1, -0.05) is 0 Å². The van der Waals surface area contributed by atoms with Crippen LogP contribution in [0.15, 0.2) is 10.9 Å². The summed E-state index contributed by atoms with van der Waals surface area (Å²) in [6, 6.07) is 1.50. The van der Waals surface area contributed by atoms with Gasteiger partial charge in [0.15, 0.2) is 0 Å². The Morgan fingerprint density at radius 1 is 1.35 bits per heavy atom. The minimum atomic E-state index is -0.418. The summed E-state index contributed by atoms with van der Waals surface area (Å²) >= 11 is 0. The molecule has 2 N–H and O–H groups in total. The fraction of sp³-hybridized carbons (Fsp3) is 0.600. The maximum Gasteiger partial charge on any atom is 0.410 e. The second-order valence-electron chi connectivity index (χ2n) is 6.39. The summed E-state index contributed by atoms with van der Waals surface area (Å²) in [6.45, 7) is 0.723. The van der Waals surface area contributed by atoms with Gasteiger partial charge >= 0.3 is 6.09 Å². The van der Waals surface area contributed by atoms with Crippen molar-refractivity contribution in [3.63, 3.8) is 0 Å². The predicted octanol–water partition coefficient (Wildman–Crippen LogP) is 0.360. The van der Waals surface area contributed by atoms with Crippen LogP contribution in [-0.2, 0) is 4.74 Å². The molecule has 1 aliphatic heterocycles. The van der Waals surface area contributed by atoms with Crippen molar-refractivity contribution >= 4 is 12.0 Å². The van der Waals surface area contributed by atoms with Crippen LogP contribution in [0.25, 0.3) is 0 Å². The van der Waals surface area contributed by atoms with Gasteiger partial charge in [-0.25, -0.2) is 9.78 Å². The van der Waals surface area contributed by atoms with Crippen LogP contribution in [0.1, 0.15) is 47.9 Å². The molecule has 1 aromatic rings. The first-order valence-electron chi connectivity index (χ1n) is 7.97. The smallest absolute Gasteiger partial charge is 0.410 e. The van der Waals surface area contributed by atoms with E-state index in [9.17, 15) is 14.4 Å². The third-order valence-corrected chi connectivity index (χ3v) is 4.34. The number of rotatable bonds is 5. The number of hydrogen-bond acceptors (Lipinski definition) is 5. The summed E-state index contributed by atoms with van der Waals surface area (Å²) in [7, 11) is 0. The summed E-state index contributed by atoms with van der Waals surface area (Å²) in [5.41, 5.74) is -0.210. The van der Waals surface area contributed by atoms with Crippen molar-refractivity contribution in [3.8, 4) is 0 Å². The molecule has 122 valence electrons. The molecule has 2 heterocycles. The van der Waals surface area contributed by atoms with E-state index in [2.05, 4.69) is 15.3 Å².